The van der Waals surface area contributed by atoms with Crippen LogP contribution in [0.5, 0.6) is 0 Å². The van der Waals surface area contributed by atoms with Crippen molar-refractivity contribution in [3.63, 3.8) is 0 Å². The molecule has 0 aliphatic heterocycles. The molecule has 0 saturated heterocycles. The maximum absolute atomic E-state index is 5.42. The molecule has 0 aromatic carbocycles. The van der Waals surface area contributed by atoms with E-state index in [2.05, 4.69) is 24.2 Å². The zero-order valence-corrected chi connectivity index (χ0v) is 10.4. The fourth-order valence-electron chi connectivity index (χ4n) is 1.00. The minimum absolute atomic E-state index is 1.12. The van der Waals surface area contributed by atoms with Crippen LogP contribution in [-0.4, -0.2) is 39.8 Å². The molecule has 0 aromatic heterocycles. The Kier molecular flexibility index (Phi) is 6.41. The molecule has 74 valence electrons. The summed E-state index contributed by atoms with van der Waals surface area (Å²) in [4.78, 5) is 2.19. The first kappa shape index (κ1) is 12.6. The van der Waals surface area contributed by atoms with Crippen LogP contribution in [0.1, 0.15) is 6.42 Å². The minimum atomic E-state index is -2.28. The van der Waals surface area contributed by atoms with Crippen LogP contribution in [0, 0.1) is 0 Å². The van der Waals surface area contributed by atoms with Crippen molar-refractivity contribution in [3.8, 4) is 0 Å². The molecule has 0 atom stereocenters. The fraction of sp³-hybridized carbons (Fsp3) is 1.00. The Hall–Kier alpha value is 0.594. The molecule has 0 rings (SSSR count). The van der Waals surface area contributed by atoms with Gasteiger partial charge in [0, 0.05) is 0 Å². The molecule has 0 spiro atoms. The van der Waals surface area contributed by atoms with Crippen molar-refractivity contribution in [1.29, 1.82) is 0 Å². The third-order valence-corrected chi connectivity index (χ3v) is 6.77. The molecule has 0 aliphatic rings. The summed E-state index contributed by atoms with van der Waals surface area (Å²) < 4.78 is 11.9. The zero-order valence-electron chi connectivity index (χ0n) is 8.89. The summed E-state index contributed by atoms with van der Waals surface area (Å²) in [6.45, 7) is 1.12. The molecule has 0 N–H and O–H groups in total. The van der Waals surface area contributed by atoms with Gasteiger partial charge in [-0.2, -0.15) is 0 Å². The van der Waals surface area contributed by atoms with Crippen LogP contribution in [0.15, 0.2) is 0 Å². The van der Waals surface area contributed by atoms with E-state index in [0.29, 0.717) is 0 Å². The molecule has 0 fully saturated rings. The normalized spacial score (nSPS) is 12.5. The molecule has 0 unspecified atom stereocenters. The Labute approximate surface area is 80.3 Å². The van der Waals surface area contributed by atoms with Gasteiger partial charge in [-0.1, -0.05) is 0 Å². The van der Waals surface area contributed by atoms with Crippen molar-refractivity contribution in [1.82, 2.24) is 4.90 Å². The monoisotopic (exact) mass is 211 g/mol. The summed E-state index contributed by atoms with van der Waals surface area (Å²) in [5, 5.41) is 2.15. The summed E-state index contributed by atoms with van der Waals surface area (Å²) in [6.07, 6.45) is 1.17. The van der Waals surface area contributed by atoms with Gasteiger partial charge >= 0.3 is 80.1 Å². The predicted molar refractivity (Wildman–Crippen MR) is 47.9 cm³/mol. The van der Waals surface area contributed by atoms with Crippen LogP contribution in [0.2, 0.25) is 9.95 Å². The van der Waals surface area contributed by atoms with Gasteiger partial charge in [0.2, 0.25) is 0 Å². The van der Waals surface area contributed by atoms with Crippen molar-refractivity contribution >= 4 is 0 Å². The number of rotatable bonds is 6. The van der Waals surface area contributed by atoms with Crippen LogP contribution in [-0.2, 0) is 24.0 Å². The van der Waals surface area contributed by atoms with Gasteiger partial charge in [-0.3, -0.25) is 0 Å². The van der Waals surface area contributed by atoms with Crippen LogP contribution in [0.25, 0.3) is 0 Å². The van der Waals surface area contributed by atoms with E-state index in [9.17, 15) is 0 Å². The first-order valence-electron chi connectivity index (χ1n) is 4.29. The number of hydrogen-bond acceptors (Lipinski definition) is 3. The van der Waals surface area contributed by atoms with E-state index in [1.54, 1.807) is 14.2 Å². The number of nitrogens with zero attached hydrogens (tertiary/aromatic N) is 1. The summed E-state index contributed by atoms with van der Waals surface area (Å²) in [5.41, 5.74) is 0. The average Bonchev–Trinajstić information content (AvgIpc) is 2.03. The summed E-state index contributed by atoms with van der Waals surface area (Å²) in [5.74, 6) is 0. The van der Waals surface area contributed by atoms with Gasteiger partial charge in [0.25, 0.3) is 0 Å². The predicted octanol–water partition coefficient (Wildman–Crippen LogP) is 1.68. The van der Waals surface area contributed by atoms with E-state index < -0.39 is 17.4 Å². The Bertz CT molecular complexity index is 116. The van der Waals surface area contributed by atoms with Gasteiger partial charge in [-0.25, -0.2) is 0 Å². The van der Waals surface area contributed by atoms with Crippen molar-refractivity contribution < 1.29 is 24.0 Å². The first-order chi connectivity index (χ1) is 5.54. The topological polar surface area (TPSA) is 21.7 Å². The van der Waals surface area contributed by atoms with Crippen molar-refractivity contribution in [2.45, 2.75) is 16.4 Å². The number of hydrogen-bond donors (Lipinski definition) is 0. The third-order valence-electron chi connectivity index (χ3n) is 2.10. The van der Waals surface area contributed by atoms with E-state index in [-0.39, 0.29) is 0 Å². The Morgan fingerprint density at radius 1 is 1.17 bits per heavy atom. The SMILES string of the molecule is C[O][Ti]([CH3])([CH2]CCN(C)C)[O]C. The molecule has 0 saturated carbocycles. The average molecular weight is 211 g/mol. The summed E-state index contributed by atoms with van der Waals surface area (Å²) in [6, 6.07) is 0. The molecule has 0 heterocycles. The molecule has 4 heteroatoms. The second-order valence-corrected chi connectivity index (χ2v) is 9.05. The summed E-state index contributed by atoms with van der Waals surface area (Å²) in [7, 11) is 7.70. The van der Waals surface area contributed by atoms with E-state index in [0.717, 1.165) is 11.3 Å². The van der Waals surface area contributed by atoms with E-state index in [4.69, 9.17) is 6.64 Å². The van der Waals surface area contributed by atoms with Crippen molar-refractivity contribution in [2.75, 3.05) is 34.9 Å². The molecular weight excluding hydrogens is 190 g/mol. The van der Waals surface area contributed by atoms with E-state index in [1.165, 1.54) is 6.42 Å². The molecule has 0 amide bonds. The van der Waals surface area contributed by atoms with Gasteiger partial charge in [-0.15, -0.1) is 0 Å². The van der Waals surface area contributed by atoms with Crippen LogP contribution >= 0.6 is 0 Å². The maximum atomic E-state index is 5.42. The zero-order chi connectivity index (χ0) is 9.61. The molecular formula is C8H21NO2Ti. The van der Waals surface area contributed by atoms with Crippen LogP contribution < -0.4 is 0 Å². The Morgan fingerprint density at radius 3 is 2.00 bits per heavy atom. The van der Waals surface area contributed by atoms with Gasteiger partial charge in [0.05, 0.1) is 0 Å². The van der Waals surface area contributed by atoms with Crippen molar-refractivity contribution in [3.05, 3.63) is 0 Å². The second kappa shape index (κ2) is 6.11. The van der Waals surface area contributed by atoms with E-state index in [1.807, 2.05) is 0 Å². The van der Waals surface area contributed by atoms with E-state index >= 15 is 0 Å². The fourth-order valence-corrected chi connectivity index (χ4v) is 3.15. The Morgan fingerprint density at radius 2 is 1.67 bits per heavy atom. The van der Waals surface area contributed by atoms with Gasteiger partial charge in [0.1, 0.15) is 0 Å². The summed E-state index contributed by atoms with van der Waals surface area (Å²) >= 11 is -2.28. The second-order valence-electron chi connectivity index (χ2n) is 3.45. The van der Waals surface area contributed by atoms with Crippen LogP contribution in [0.3, 0.4) is 0 Å². The van der Waals surface area contributed by atoms with Crippen LogP contribution in [0.4, 0.5) is 0 Å². The van der Waals surface area contributed by atoms with Gasteiger partial charge < -0.3 is 0 Å². The standard InChI is InChI=1S/C5H12N.2CH3O.CH3.Ti/c1-4-5-6(2)3;2*1-2;;/h1,4-5H2,2-3H3;2*1H3;1H3;/q;2*-1;;+2. The van der Waals surface area contributed by atoms with Crippen molar-refractivity contribution in [2.24, 2.45) is 0 Å². The molecule has 0 bridgehead atoms. The van der Waals surface area contributed by atoms with Gasteiger partial charge in [0.15, 0.2) is 0 Å². The first-order valence-corrected chi connectivity index (χ1v) is 8.23. The van der Waals surface area contributed by atoms with Gasteiger partial charge in [-0.05, 0) is 0 Å². The molecule has 0 aromatic rings. The Balaban J connectivity index is 3.58. The molecule has 3 nitrogen and oxygen atoms in total. The quantitative estimate of drug-likeness (QED) is 0.624. The molecule has 12 heavy (non-hydrogen) atoms. The molecule has 0 aliphatic carbocycles. The molecule has 0 radical (unpaired) electrons. The third kappa shape index (κ3) is 5.28.